The molecule has 0 aromatic heterocycles. The molecule has 4 amide bonds. The van der Waals surface area contributed by atoms with Gasteiger partial charge in [-0.05, 0) is 72.3 Å². The molecule has 39 heavy (non-hydrogen) atoms. The fraction of sp³-hybridized carbons (Fsp3) is 0.100. The Morgan fingerprint density at radius 3 is 2.13 bits per heavy atom. The van der Waals surface area contributed by atoms with Crippen molar-refractivity contribution in [2.45, 2.75) is 20.0 Å². The van der Waals surface area contributed by atoms with Crippen molar-refractivity contribution in [3.05, 3.63) is 102 Å². The Bertz CT molecular complexity index is 1660. The summed E-state index contributed by atoms with van der Waals surface area (Å²) >= 11 is 0. The van der Waals surface area contributed by atoms with E-state index in [0.29, 0.717) is 17.1 Å². The average molecular weight is 522 g/mol. The summed E-state index contributed by atoms with van der Waals surface area (Å²) in [6.45, 7) is 2.82. The van der Waals surface area contributed by atoms with Crippen molar-refractivity contribution >= 4 is 57.4 Å². The number of carbonyl (C=O) groups is 5. The Morgan fingerprint density at radius 1 is 0.744 bits per heavy atom. The molecule has 9 heteroatoms. The summed E-state index contributed by atoms with van der Waals surface area (Å²) in [4.78, 5) is 63.7. The van der Waals surface area contributed by atoms with Crippen LogP contribution in [-0.4, -0.2) is 35.7 Å². The third-order valence-corrected chi connectivity index (χ3v) is 6.24. The molecular formula is C30H23N3O6. The third-order valence-electron chi connectivity index (χ3n) is 6.24. The minimum atomic E-state index is -1.12. The molecule has 2 N–H and O–H groups in total. The standard InChI is InChI=1S/C30H23N3O6/c1-17(27(35)32-23-9-7-19-5-3-4-6-20(19)15-23)39-30(38)21-8-14-25-26(16-21)29(37)33(28(25)36)24-12-10-22(11-13-24)31-18(2)34/h3-17H,1-2H3,(H,31,34)(H,32,35). The van der Waals surface area contributed by atoms with Crippen molar-refractivity contribution in [1.29, 1.82) is 0 Å². The molecule has 4 aromatic rings. The van der Waals surface area contributed by atoms with Crippen LogP contribution in [0.3, 0.4) is 0 Å². The second kappa shape index (κ2) is 10.2. The summed E-state index contributed by atoms with van der Waals surface area (Å²) in [5.74, 6) is -2.70. The molecular weight excluding hydrogens is 498 g/mol. The molecule has 4 aromatic carbocycles. The van der Waals surface area contributed by atoms with Crippen LogP contribution in [0.4, 0.5) is 17.1 Å². The first-order valence-electron chi connectivity index (χ1n) is 12.1. The number of imide groups is 1. The highest BCUT2D eigenvalue weighted by Crippen LogP contribution is 2.30. The molecule has 1 atom stereocenters. The molecule has 0 fully saturated rings. The second-order valence-electron chi connectivity index (χ2n) is 9.03. The number of amides is 4. The van der Waals surface area contributed by atoms with Crippen molar-refractivity contribution in [2.24, 2.45) is 0 Å². The lowest BCUT2D eigenvalue weighted by atomic mass is 10.1. The summed E-state index contributed by atoms with van der Waals surface area (Å²) < 4.78 is 5.34. The first-order valence-corrected chi connectivity index (χ1v) is 12.1. The summed E-state index contributed by atoms with van der Waals surface area (Å²) in [5.41, 5.74) is 1.62. The first-order chi connectivity index (χ1) is 18.7. The van der Waals surface area contributed by atoms with Crippen LogP contribution in [0, 0.1) is 0 Å². The van der Waals surface area contributed by atoms with Gasteiger partial charge in [0, 0.05) is 18.3 Å². The first kappa shape index (κ1) is 25.3. The number of fused-ring (bicyclic) bond motifs is 2. The maximum atomic E-state index is 13.1. The summed E-state index contributed by atoms with van der Waals surface area (Å²) in [6.07, 6.45) is -1.12. The van der Waals surface area contributed by atoms with Crippen molar-refractivity contribution < 1.29 is 28.7 Å². The van der Waals surface area contributed by atoms with Gasteiger partial charge in [0.1, 0.15) is 0 Å². The number of esters is 1. The fourth-order valence-electron chi connectivity index (χ4n) is 4.29. The van der Waals surface area contributed by atoms with Gasteiger partial charge in [0.25, 0.3) is 17.7 Å². The molecule has 1 heterocycles. The molecule has 0 saturated carbocycles. The Kier molecular flexibility index (Phi) is 6.64. The number of hydrogen-bond acceptors (Lipinski definition) is 6. The highest BCUT2D eigenvalue weighted by Gasteiger charge is 2.37. The highest BCUT2D eigenvalue weighted by atomic mass is 16.5. The monoisotopic (exact) mass is 521 g/mol. The Labute approximate surface area is 223 Å². The number of rotatable bonds is 6. The van der Waals surface area contributed by atoms with Gasteiger partial charge in [0.05, 0.1) is 22.4 Å². The highest BCUT2D eigenvalue weighted by molar-refractivity contribution is 6.34. The van der Waals surface area contributed by atoms with Crippen LogP contribution in [0.1, 0.15) is 44.9 Å². The van der Waals surface area contributed by atoms with Crippen LogP contribution in [0.5, 0.6) is 0 Å². The lowest BCUT2D eigenvalue weighted by Gasteiger charge is -2.14. The van der Waals surface area contributed by atoms with E-state index in [0.717, 1.165) is 15.7 Å². The fourth-order valence-corrected chi connectivity index (χ4v) is 4.29. The molecule has 0 spiro atoms. The number of carbonyl (C=O) groups excluding carboxylic acids is 5. The van der Waals surface area contributed by atoms with Gasteiger partial charge in [-0.3, -0.25) is 19.2 Å². The smallest absolute Gasteiger partial charge is 0.338 e. The molecule has 0 aliphatic carbocycles. The van der Waals surface area contributed by atoms with Crippen LogP contribution in [-0.2, 0) is 14.3 Å². The summed E-state index contributed by atoms with van der Waals surface area (Å²) in [7, 11) is 0. The maximum absolute atomic E-state index is 13.1. The second-order valence-corrected chi connectivity index (χ2v) is 9.03. The van der Waals surface area contributed by atoms with Crippen molar-refractivity contribution in [1.82, 2.24) is 0 Å². The largest absolute Gasteiger partial charge is 0.449 e. The summed E-state index contributed by atoms with van der Waals surface area (Å²) in [5, 5.41) is 7.34. The average Bonchev–Trinajstić information content (AvgIpc) is 3.17. The predicted molar refractivity (Wildman–Crippen MR) is 146 cm³/mol. The van der Waals surface area contributed by atoms with Gasteiger partial charge in [0.2, 0.25) is 5.91 Å². The van der Waals surface area contributed by atoms with E-state index in [4.69, 9.17) is 4.74 Å². The zero-order valence-electron chi connectivity index (χ0n) is 21.1. The van der Waals surface area contributed by atoms with E-state index in [1.54, 1.807) is 18.2 Å². The van der Waals surface area contributed by atoms with Gasteiger partial charge in [-0.15, -0.1) is 0 Å². The van der Waals surface area contributed by atoms with Gasteiger partial charge < -0.3 is 15.4 Å². The third kappa shape index (κ3) is 5.10. The number of anilines is 3. The van der Waals surface area contributed by atoms with Crippen molar-refractivity contribution in [3.8, 4) is 0 Å². The Morgan fingerprint density at radius 2 is 1.41 bits per heavy atom. The van der Waals surface area contributed by atoms with Gasteiger partial charge >= 0.3 is 5.97 Å². The SMILES string of the molecule is CC(=O)Nc1ccc(N2C(=O)c3ccc(C(=O)OC(C)C(=O)Nc4ccc5ccccc5c4)cc3C2=O)cc1. The number of benzene rings is 4. The van der Waals surface area contributed by atoms with Crippen LogP contribution in [0.25, 0.3) is 10.8 Å². The quantitative estimate of drug-likeness (QED) is 0.278. The van der Waals surface area contributed by atoms with Crippen molar-refractivity contribution in [3.63, 3.8) is 0 Å². The zero-order valence-corrected chi connectivity index (χ0v) is 21.1. The van der Waals surface area contributed by atoms with Crippen LogP contribution >= 0.6 is 0 Å². The predicted octanol–water partition coefficient (Wildman–Crippen LogP) is 4.78. The van der Waals surface area contributed by atoms with Gasteiger partial charge in [-0.25, -0.2) is 9.69 Å². The maximum Gasteiger partial charge on any atom is 0.338 e. The van der Waals surface area contributed by atoms with E-state index in [9.17, 15) is 24.0 Å². The molecule has 5 rings (SSSR count). The topological polar surface area (TPSA) is 122 Å². The van der Waals surface area contributed by atoms with Gasteiger partial charge in [-0.1, -0.05) is 30.3 Å². The Balaban J connectivity index is 1.27. The van der Waals surface area contributed by atoms with E-state index in [-0.39, 0.29) is 22.6 Å². The van der Waals surface area contributed by atoms with Gasteiger partial charge in [-0.2, -0.15) is 0 Å². The Hall–Kier alpha value is -5.31. The molecule has 194 valence electrons. The molecule has 9 nitrogen and oxygen atoms in total. The molecule has 0 saturated heterocycles. The van der Waals surface area contributed by atoms with E-state index in [1.807, 2.05) is 36.4 Å². The lowest BCUT2D eigenvalue weighted by molar-refractivity contribution is -0.123. The van der Waals surface area contributed by atoms with Crippen molar-refractivity contribution in [2.75, 3.05) is 15.5 Å². The normalized spacial score (nSPS) is 13.1. The van der Waals surface area contributed by atoms with Crippen LogP contribution in [0.15, 0.2) is 84.9 Å². The van der Waals surface area contributed by atoms with E-state index in [1.165, 1.54) is 44.2 Å². The summed E-state index contributed by atoms with van der Waals surface area (Å²) in [6, 6.07) is 23.5. The molecule has 1 aliphatic rings. The van der Waals surface area contributed by atoms with Crippen LogP contribution < -0.4 is 15.5 Å². The number of nitrogens with one attached hydrogen (secondary N) is 2. The molecule has 1 aliphatic heterocycles. The minimum absolute atomic E-state index is 0.0307. The number of hydrogen-bond donors (Lipinski definition) is 2. The lowest BCUT2D eigenvalue weighted by Crippen LogP contribution is -2.30. The zero-order chi connectivity index (χ0) is 27.7. The van der Waals surface area contributed by atoms with E-state index in [2.05, 4.69) is 10.6 Å². The van der Waals surface area contributed by atoms with E-state index >= 15 is 0 Å². The molecule has 0 radical (unpaired) electrons. The minimum Gasteiger partial charge on any atom is -0.449 e. The van der Waals surface area contributed by atoms with E-state index < -0.39 is 29.8 Å². The van der Waals surface area contributed by atoms with Crippen LogP contribution in [0.2, 0.25) is 0 Å². The number of ether oxygens (including phenoxy) is 1. The number of nitrogens with zero attached hydrogens (tertiary/aromatic N) is 1. The van der Waals surface area contributed by atoms with Gasteiger partial charge in [0.15, 0.2) is 6.10 Å². The molecule has 0 bridgehead atoms. The molecule has 1 unspecified atom stereocenters.